The first-order valence-corrected chi connectivity index (χ1v) is 18.9. The van der Waals surface area contributed by atoms with Gasteiger partial charge in [-0.2, -0.15) is 0 Å². The molecule has 1 aliphatic carbocycles. The number of aryl methyl sites for hydroxylation is 1. The average Bonchev–Trinajstić information content (AvgIpc) is 3.63. The van der Waals surface area contributed by atoms with E-state index >= 15 is 0 Å². The zero-order valence-corrected chi connectivity index (χ0v) is 33.0. The number of carbonyl (C=O) groups excluding carboxylic acids is 4. The van der Waals surface area contributed by atoms with Gasteiger partial charge in [-0.15, -0.1) is 0 Å². The Morgan fingerprint density at radius 1 is 1.04 bits per heavy atom. The number of aromatic nitrogens is 1. The molecule has 0 spiro atoms. The lowest BCUT2D eigenvalue weighted by Crippen LogP contribution is -2.40. The van der Waals surface area contributed by atoms with Crippen LogP contribution in [-0.4, -0.2) is 92.0 Å². The lowest BCUT2D eigenvalue weighted by atomic mass is 9.76. The number of ether oxygens (including phenoxy) is 3. The number of alkyl carbamates (subject to hydrolysis) is 1. The van der Waals surface area contributed by atoms with E-state index in [1.165, 1.54) is 38.6 Å². The van der Waals surface area contributed by atoms with E-state index in [-0.39, 0.29) is 11.9 Å². The minimum absolute atomic E-state index is 0.0294. The van der Waals surface area contributed by atoms with Crippen LogP contribution in [-0.2, 0) is 30.8 Å². The van der Waals surface area contributed by atoms with Crippen molar-refractivity contribution in [3.8, 4) is 0 Å². The fraction of sp³-hybridized carbons (Fsp3) is 0.700. The Bertz CT molecular complexity index is 1390. The molecule has 0 bridgehead atoms. The summed E-state index contributed by atoms with van der Waals surface area (Å²) in [5.74, 6) is 1.60. The van der Waals surface area contributed by atoms with E-state index in [0.29, 0.717) is 43.3 Å². The number of halogens is 1. The first kappa shape index (κ1) is 44.7. The van der Waals surface area contributed by atoms with E-state index in [0.717, 1.165) is 47.9 Å². The molecule has 0 radical (unpaired) electrons. The number of methoxy groups -OCH3 is 1. The number of esters is 1. The molecule has 1 saturated carbocycles. The molecule has 2 amide bonds. The minimum Gasteiger partial charge on any atom is -0.461 e. The third-order valence-electron chi connectivity index (χ3n) is 10.3. The van der Waals surface area contributed by atoms with Crippen LogP contribution in [0.5, 0.6) is 0 Å². The molecule has 294 valence electrons. The van der Waals surface area contributed by atoms with E-state index in [2.05, 4.69) is 29.5 Å². The lowest BCUT2D eigenvalue weighted by molar-refractivity contribution is -0.111. The molecule has 2 heterocycles. The van der Waals surface area contributed by atoms with Crippen molar-refractivity contribution in [1.82, 2.24) is 14.8 Å². The molecule has 4 atom stereocenters. The number of anilines is 1. The third-order valence-corrected chi connectivity index (χ3v) is 10.3. The van der Waals surface area contributed by atoms with Gasteiger partial charge in [-0.1, -0.05) is 13.3 Å². The predicted molar refractivity (Wildman–Crippen MR) is 204 cm³/mol. The van der Waals surface area contributed by atoms with Crippen LogP contribution >= 0.6 is 0 Å². The highest BCUT2D eigenvalue weighted by molar-refractivity contribution is 5.97. The molecular formula is C40H65FN4O7. The molecule has 2 fully saturated rings. The van der Waals surface area contributed by atoms with Gasteiger partial charge < -0.3 is 39.1 Å². The number of carbonyl (C=O) groups is 4. The quantitative estimate of drug-likeness (QED) is 0.150. The van der Waals surface area contributed by atoms with E-state index in [4.69, 9.17) is 14.2 Å². The Hall–Kier alpha value is -3.51. The molecule has 4 unspecified atom stereocenters. The number of nitrogens with zero attached hydrogens (tertiary/aromatic N) is 2. The summed E-state index contributed by atoms with van der Waals surface area (Å²) in [6.45, 7) is 12.4. The highest BCUT2D eigenvalue weighted by Crippen LogP contribution is 2.38. The average molecular weight is 733 g/mol. The molecular weight excluding hydrogens is 667 g/mol. The SMILES string of the molecule is CCC(C=O)CCCC(CF)NC(=O)OC(C)(C)C.CCOC(=O)c1cc2cc(NC=O)ccc2n1C.COC1CCC(C2CCN(C)C2C)CC1. The molecule has 1 aromatic carbocycles. The van der Waals surface area contributed by atoms with Gasteiger partial charge in [0.05, 0.1) is 18.8 Å². The molecule has 2 N–H and O–H groups in total. The largest absolute Gasteiger partial charge is 0.461 e. The van der Waals surface area contributed by atoms with Gasteiger partial charge >= 0.3 is 12.1 Å². The minimum atomic E-state index is -0.628. The van der Waals surface area contributed by atoms with Crippen molar-refractivity contribution in [3.05, 3.63) is 30.0 Å². The standard InChI is InChI=1S/C14H26FNO3.C13H14N2O3.C13H25NO/c1-5-11(10-17)7-6-8-12(9-15)16-13(18)19-14(2,3)4;1-3-18-13(17)12-7-9-6-10(14-8-16)4-5-11(9)15(12)2;1-10-13(8-9-14(10)2)11-4-6-12(15-3)7-5-11/h10-12H,5-9H2,1-4H3,(H,16,18);4-8H,3H2,1-2H3,(H,14,16);10-13H,4-9H2,1-3H3. The number of aldehydes is 1. The number of rotatable bonds is 14. The van der Waals surface area contributed by atoms with Crippen LogP contribution in [0, 0.1) is 17.8 Å². The van der Waals surface area contributed by atoms with Crippen LogP contribution in [0.2, 0.25) is 0 Å². The topological polar surface area (TPSA) is 128 Å². The van der Waals surface area contributed by atoms with Crippen LogP contribution in [0.1, 0.15) is 110 Å². The van der Waals surface area contributed by atoms with Gasteiger partial charge in [0.25, 0.3) is 0 Å². The molecule has 2 aliphatic rings. The van der Waals surface area contributed by atoms with Crippen molar-refractivity contribution in [2.24, 2.45) is 24.8 Å². The molecule has 1 aromatic heterocycles. The van der Waals surface area contributed by atoms with Crippen molar-refractivity contribution in [2.75, 3.05) is 39.3 Å². The van der Waals surface area contributed by atoms with Gasteiger partial charge in [0, 0.05) is 42.7 Å². The molecule has 52 heavy (non-hydrogen) atoms. The number of hydrogen-bond acceptors (Lipinski definition) is 8. The summed E-state index contributed by atoms with van der Waals surface area (Å²) in [6, 6.07) is 7.46. The second-order valence-electron chi connectivity index (χ2n) is 15.0. The number of fused-ring (bicyclic) bond motifs is 1. The highest BCUT2D eigenvalue weighted by atomic mass is 19.1. The normalized spacial score (nSPS) is 21.4. The Balaban J connectivity index is 0.000000271. The first-order valence-electron chi connectivity index (χ1n) is 18.9. The van der Waals surface area contributed by atoms with Crippen molar-refractivity contribution in [1.29, 1.82) is 0 Å². The van der Waals surface area contributed by atoms with Gasteiger partial charge in [-0.05, 0) is 136 Å². The number of hydrogen-bond donors (Lipinski definition) is 2. The fourth-order valence-electron chi connectivity index (χ4n) is 7.07. The number of amides is 2. The van der Waals surface area contributed by atoms with Gasteiger partial charge in [0.1, 0.15) is 24.3 Å². The molecule has 4 rings (SSSR count). The summed E-state index contributed by atoms with van der Waals surface area (Å²) in [6.07, 6.45) is 11.0. The smallest absolute Gasteiger partial charge is 0.407 e. The van der Waals surface area contributed by atoms with Crippen molar-refractivity contribution < 1.29 is 37.8 Å². The Labute approximate surface area is 310 Å². The summed E-state index contributed by atoms with van der Waals surface area (Å²) < 4.78 is 30.1. The van der Waals surface area contributed by atoms with E-state index < -0.39 is 24.4 Å². The third kappa shape index (κ3) is 14.5. The van der Waals surface area contributed by atoms with E-state index in [9.17, 15) is 23.6 Å². The summed E-state index contributed by atoms with van der Waals surface area (Å²) in [5, 5.41) is 5.97. The summed E-state index contributed by atoms with van der Waals surface area (Å²) in [5.41, 5.74) is 1.51. The number of benzene rings is 1. The van der Waals surface area contributed by atoms with Gasteiger partial charge in [0.2, 0.25) is 6.41 Å². The number of alkyl halides is 1. The van der Waals surface area contributed by atoms with E-state index in [1.54, 1.807) is 51.4 Å². The van der Waals surface area contributed by atoms with Gasteiger partial charge in [0.15, 0.2) is 0 Å². The maximum atomic E-state index is 12.8. The predicted octanol–water partition coefficient (Wildman–Crippen LogP) is 7.70. The van der Waals surface area contributed by atoms with Crippen LogP contribution in [0.3, 0.4) is 0 Å². The maximum absolute atomic E-state index is 12.8. The van der Waals surface area contributed by atoms with Crippen LogP contribution < -0.4 is 10.6 Å². The summed E-state index contributed by atoms with van der Waals surface area (Å²) >= 11 is 0. The van der Waals surface area contributed by atoms with Crippen LogP contribution in [0.15, 0.2) is 24.3 Å². The summed E-state index contributed by atoms with van der Waals surface area (Å²) in [4.78, 5) is 46.8. The van der Waals surface area contributed by atoms with Gasteiger partial charge in [-0.25, -0.2) is 14.0 Å². The second kappa shape index (κ2) is 22.5. The second-order valence-corrected chi connectivity index (χ2v) is 15.0. The zero-order valence-electron chi connectivity index (χ0n) is 33.0. The van der Waals surface area contributed by atoms with Crippen molar-refractivity contribution in [2.45, 2.75) is 123 Å². The molecule has 11 nitrogen and oxygen atoms in total. The highest BCUT2D eigenvalue weighted by Gasteiger charge is 2.36. The molecule has 1 saturated heterocycles. The Morgan fingerprint density at radius 2 is 1.73 bits per heavy atom. The van der Waals surface area contributed by atoms with Gasteiger partial charge in [-0.3, -0.25) is 4.79 Å². The first-order chi connectivity index (χ1) is 24.7. The zero-order chi connectivity index (χ0) is 38.8. The van der Waals surface area contributed by atoms with Crippen LogP contribution in [0.4, 0.5) is 14.9 Å². The van der Waals surface area contributed by atoms with Crippen LogP contribution in [0.25, 0.3) is 10.9 Å². The lowest BCUT2D eigenvalue weighted by Gasteiger charge is -2.34. The summed E-state index contributed by atoms with van der Waals surface area (Å²) in [7, 11) is 5.93. The van der Waals surface area contributed by atoms with E-state index in [1.807, 2.05) is 26.2 Å². The number of likely N-dealkylation sites (tertiary alicyclic amines) is 1. The number of nitrogens with one attached hydrogen (secondary N) is 2. The van der Waals surface area contributed by atoms with Crippen molar-refractivity contribution in [3.63, 3.8) is 0 Å². The molecule has 2 aromatic rings. The Kier molecular flexibility index (Phi) is 19.3. The monoisotopic (exact) mass is 732 g/mol. The Morgan fingerprint density at radius 3 is 2.25 bits per heavy atom. The van der Waals surface area contributed by atoms with Crippen molar-refractivity contribution >= 4 is 41.3 Å². The molecule has 1 aliphatic heterocycles. The molecule has 12 heteroatoms. The fourth-order valence-corrected chi connectivity index (χ4v) is 7.07. The maximum Gasteiger partial charge on any atom is 0.407 e.